The molecule has 0 atom stereocenters. The first-order chi connectivity index (χ1) is 6.86. The van der Waals surface area contributed by atoms with E-state index in [9.17, 15) is 0 Å². The summed E-state index contributed by atoms with van der Waals surface area (Å²) in [6.07, 6.45) is 1.82. The molecule has 0 saturated carbocycles. The van der Waals surface area contributed by atoms with Gasteiger partial charge in [0, 0.05) is 6.20 Å². The van der Waals surface area contributed by atoms with Crippen LogP contribution in [0.1, 0.15) is 0 Å². The Bertz CT molecular complexity index is 498. The SMILES string of the molecule is COc1cccc2[nH]cc(SC#N)c12. The topological polar surface area (TPSA) is 48.8 Å². The Balaban J connectivity index is 2.69. The van der Waals surface area contributed by atoms with Gasteiger partial charge >= 0.3 is 0 Å². The van der Waals surface area contributed by atoms with E-state index >= 15 is 0 Å². The molecule has 1 aromatic heterocycles. The predicted molar refractivity (Wildman–Crippen MR) is 56.3 cm³/mol. The van der Waals surface area contributed by atoms with E-state index in [1.807, 2.05) is 24.4 Å². The van der Waals surface area contributed by atoms with Crippen molar-refractivity contribution < 1.29 is 4.74 Å². The second-order valence-electron chi connectivity index (χ2n) is 2.73. The lowest BCUT2D eigenvalue weighted by atomic mass is 10.2. The summed E-state index contributed by atoms with van der Waals surface area (Å²) in [5.74, 6) is 0.793. The number of hydrogen-bond donors (Lipinski definition) is 1. The number of thioether (sulfide) groups is 1. The third-order valence-corrected chi connectivity index (χ3v) is 2.64. The Hall–Kier alpha value is -1.60. The maximum Gasteiger partial charge on any atom is 0.138 e. The smallest absolute Gasteiger partial charge is 0.138 e. The number of aromatic nitrogens is 1. The van der Waals surface area contributed by atoms with E-state index < -0.39 is 0 Å². The van der Waals surface area contributed by atoms with Gasteiger partial charge in [-0.05, 0) is 23.9 Å². The molecule has 1 aromatic carbocycles. The molecule has 0 aliphatic rings. The first-order valence-corrected chi connectivity index (χ1v) is 4.88. The number of methoxy groups -OCH3 is 1. The highest BCUT2D eigenvalue weighted by atomic mass is 32.2. The van der Waals surface area contributed by atoms with Gasteiger partial charge in [-0.3, -0.25) is 0 Å². The quantitative estimate of drug-likeness (QED) is 0.604. The van der Waals surface area contributed by atoms with E-state index in [1.165, 1.54) is 0 Å². The lowest BCUT2D eigenvalue weighted by Crippen LogP contribution is -1.83. The molecule has 14 heavy (non-hydrogen) atoms. The fourth-order valence-electron chi connectivity index (χ4n) is 1.42. The average Bonchev–Trinajstić information content (AvgIpc) is 2.62. The minimum Gasteiger partial charge on any atom is -0.496 e. The average molecular weight is 204 g/mol. The van der Waals surface area contributed by atoms with Crippen molar-refractivity contribution in [1.82, 2.24) is 4.98 Å². The highest BCUT2D eigenvalue weighted by molar-refractivity contribution is 8.04. The minimum atomic E-state index is 0.793. The van der Waals surface area contributed by atoms with Crippen LogP contribution in [0.15, 0.2) is 29.3 Å². The molecular weight excluding hydrogens is 196 g/mol. The summed E-state index contributed by atoms with van der Waals surface area (Å²) in [6.45, 7) is 0. The molecule has 0 aliphatic heterocycles. The lowest BCUT2D eigenvalue weighted by molar-refractivity contribution is 0.419. The van der Waals surface area contributed by atoms with Crippen molar-refractivity contribution in [2.45, 2.75) is 4.90 Å². The van der Waals surface area contributed by atoms with Gasteiger partial charge < -0.3 is 9.72 Å². The molecule has 3 nitrogen and oxygen atoms in total. The molecule has 2 aromatic rings. The largest absolute Gasteiger partial charge is 0.496 e. The van der Waals surface area contributed by atoms with Gasteiger partial charge in [0.1, 0.15) is 11.2 Å². The van der Waals surface area contributed by atoms with Crippen LogP contribution in [-0.4, -0.2) is 12.1 Å². The lowest BCUT2D eigenvalue weighted by Gasteiger charge is -2.01. The number of nitrogens with one attached hydrogen (secondary N) is 1. The first-order valence-electron chi connectivity index (χ1n) is 4.07. The highest BCUT2D eigenvalue weighted by Crippen LogP contribution is 2.33. The van der Waals surface area contributed by atoms with Crippen LogP contribution >= 0.6 is 11.8 Å². The van der Waals surface area contributed by atoms with Crippen molar-refractivity contribution in [2.75, 3.05) is 7.11 Å². The van der Waals surface area contributed by atoms with Gasteiger partial charge in [0.2, 0.25) is 0 Å². The molecule has 0 bridgehead atoms. The maximum atomic E-state index is 8.62. The predicted octanol–water partition coefficient (Wildman–Crippen LogP) is 2.75. The summed E-state index contributed by atoms with van der Waals surface area (Å²) >= 11 is 1.14. The van der Waals surface area contributed by atoms with Crippen LogP contribution in [0.4, 0.5) is 0 Å². The summed E-state index contributed by atoms with van der Waals surface area (Å²) in [4.78, 5) is 4.00. The van der Waals surface area contributed by atoms with E-state index in [-0.39, 0.29) is 0 Å². The van der Waals surface area contributed by atoms with Gasteiger partial charge in [-0.25, -0.2) is 0 Å². The Kier molecular flexibility index (Phi) is 2.33. The number of nitriles is 1. The second kappa shape index (κ2) is 3.64. The monoisotopic (exact) mass is 204 g/mol. The number of aromatic amines is 1. The van der Waals surface area contributed by atoms with Crippen LogP contribution < -0.4 is 4.74 Å². The third-order valence-electron chi connectivity index (χ3n) is 2.01. The van der Waals surface area contributed by atoms with Crippen molar-refractivity contribution >= 4 is 22.7 Å². The van der Waals surface area contributed by atoms with Crippen molar-refractivity contribution in [2.24, 2.45) is 0 Å². The molecule has 1 heterocycles. The van der Waals surface area contributed by atoms with Gasteiger partial charge in [-0.1, -0.05) is 6.07 Å². The second-order valence-corrected chi connectivity index (χ2v) is 3.56. The van der Waals surface area contributed by atoms with Crippen LogP contribution in [0.25, 0.3) is 10.9 Å². The first kappa shape index (κ1) is 8.97. The molecule has 0 aliphatic carbocycles. The number of H-pyrrole nitrogens is 1. The van der Waals surface area contributed by atoms with Gasteiger partial charge in [0.15, 0.2) is 0 Å². The number of hydrogen-bond acceptors (Lipinski definition) is 3. The maximum absolute atomic E-state index is 8.62. The molecule has 0 fully saturated rings. The Morgan fingerprint density at radius 2 is 2.36 bits per heavy atom. The molecular formula is C10H8N2OS. The van der Waals surface area contributed by atoms with Crippen LogP contribution in [0.2, 0.25) is 0 Å². The van der Waals surface area contributed by atoms with Crippen LogP contribution in [0.3, 0.4) is 0 Å². The summed E-state index contributed by atoms with van der Waals surface area (Å²) < 4.78 is 5.23. The van der Waals surface area contributed by atoms with Crippen molar-refractivity contribution in [1.29, 1.82) is 5.26 Å². The number of thiocyanates is 1. The minimum absolute atomic E-state index is 0.793. The molecule has 0 radical (unpaired) electrons. The number of ether oxygens (including phenoxy) is 1. The van der Waals surface area contributed by atoms with Gasteiger partial charge in [0.05, 0.1) is 22.9 Å². The van der Waals surface area contributed by atoms with Crippen molar-refractivity contribution in [3.8, 4) is 11.2 Å². The summed E-state index contributed by atoms with van der Waals surface area (Å²) in [5, 5.41) is 11.6. The van der Waals surface area contributed by atoms with Crippen molar-refractivity contribution in [3.05, 3.63) is 24.4 Å². The Morgan fingerprint density at radius 3 is 3.07 bits per heavy atom. The van der Waals surface area contributed by atoms with E-state index in [0.717, 1.165) is 33.3 Å². The van der Waals surface area contributed by atoms with E-state index in [0.29, 0.717) is 0 Å². The molecule has 0 amide bonds. The Labute approximate surface area is 85.7 Å². The number of fused-ring (bicyclic) bond motifs is 1. The zero-order chi connectivity index (χ0) is 9.97. The number of nitrogens with zero attached hydrogens (tertiary/aromatic N) is 1. The summed E-state index contributed by atoms with van der Waals surface area (Å²) in [6, 6.07) is 5.76. The van der Waals surface area contributed by atoms with Crippen LogP contribution in [0, 0.1) is 10.7 Å². The molecule has 4 heteroatoms. The summed E-state index contributed by atoms with van der Waals surface area (Å²) in [5.41, 5.74) is 0.988. The molecule has 0 saturated heterocycles. The van der Waals surface area contributed by atoms with E-state index in [1.54, 1.807) is 7.11 Å². The summed E-state index contributed by atoms with van der Waals surface area (Å²) in [7, 11) is 1.63. The van der Waals surface area contributed by atoms with Crippen LogP contribution in [0.5, 0.6) is 5.75 Å². The molecule has 0 spiro atoms. The van der Waals surface area contributed by atoms with Crippen LogP contribution in [-0.2, 0) is 0 Å². The van der Waals surface area contributed by atoms with E-state index in [4.69, 9.17) is 10.00 Å². The fraction of sp³-hybridized carbons (Fsp3) is 0.100. The molecule has 0 unspecified atom stereocenters. The zero-order valence-corrected chi connectivity index (χ0v) is 8.39. The number of benzene rings is 1. The Morgan fingerprint density at radius 1 is 1.50 bits per heavy atom. The van der Waals surface area contributed by atoms with Gasteiger partial charge in [-0.2, -0.15) is 5.26 Å². The van der Waals surface area contributed by atoms with Crippen molar-refractivity contribution in [3.63, 3.8) is 0 Å². The van der Waals surface area contributed by atoms with Gasteiger partial charge in [-0.15, -0.1) is 0 Å². The van der Waals surface area contributed by atoms with E-state index in [2.05, 4.69) is 10.4 Å². The molecule has 1 N–H and O–H groups in total. The number of rotatable bonds is 2. The molecule has 70 valence electrons. The third kappa shape index (κ3) is 1.32. The molecule has 2 rings (SSSR count). The standard InChI is InChI=1S/C10H8N2OS/c1-13-8-4-2-3-7-10(8)9(5-12-7)14-6-11/h2-5,12H,1H3. The van der Waals surface area contributed by atoms with Gasteiger partial charge in [0.25, 0.3) is 0 Å². The zero-order valence-electron chi connectivity index (χ0n) is 7.57. The fourth-order valence-corrected chi connectivity index (χ4v) is 1.95. The highest BCUT2D eigenvalue weighted by Gasteiger charge is 2.08. The normalized spacial score (nSPS) is 10.0.